The smallest absolute Gasteiger partial charge is 0.264 e. The normalized spacial score (nSPS) is 21.6. The van der Waals surface area contributed by atoms with Gasteiger partial charge < -0.3 is 10.6 Å². The Morgan fingerprint density at radius 1 is 1.29 bits per heavy atom. The van der Waals surface area contributed by atoms with Crippen LogP contribution in [0.25, 0.3) is 0 Å². The van der Waals surface area contributed by atoms with Gasteiger partial charge in [0.25, 0.3) is 5.91 Å². The monoisotopic (exact) mass is 328 g/mol. The number of piperidine rings is 1. The van der Waals surface area contributed by atoms with Gasteiger partial charge >= 0.3 is 0 Å². The van der Waals surface area contributed by atoms with E-state index in [1.807, 2.05) is 0 Å². The van der Waals surface area contributed by atoms with Crippen molar-refractivity contribution >= 4 is 29.7 Å². The molecule has 2 heterocycles. The lowest BCUT2D eigenvalue weighted by molar-refractivity contribution is 0.0610. The van der Waals surface area contributed by atoms with Crippen LogP contribution in [0.1, 0.15) is 58.6 Å². The van der Waals surface area contributed by atoms with Gasteiger partial charge in [-0.05, 0) is 69.5 Å². The number of nitrogens with zero attached hydrogens (tertiary/aromatic N) is 1. The van der Waals surface area contributed by atoms with Crippen LogP contribution in [0, 0.1) is 0 Å². The van der Waals surface area contributed by atoms with Gasteiger partial charge in [0.1, 0.15) is 0 Å². The molecule has 1 atom stereocenters. The lowest BCUT2D eigenvalue weighted by Gasteiger charge is -2.35. The minimum absolute atomic E-state index is 0. The maximum absolute atomic E-state index is 12.8. The molecule has 3 nitrogen and oxygen atoms in total. The van der Waals surface area contributed by atoms with Crippen LogP contribution in [0.5, 0.6) is 0 Å². The van der Waals surface area contributed by atoms with E-state index in [-0.39, 0.29) is 18.3 Å². The SMILES string of the molecule is Cl.NCCC1CCCCN1C(=O)c1cc2c(s1)CCCC2. The predicted molar refractivity (Wildman–Crippen MR) is 90.6 cm³/mol. The molecule has 1 fully saturated rings. The van der Waals surface area contributed by atoms with Gasteiger partial charge in [-0.15, -0.1) is 23.7 Å². The Hall–Kier alpha value is -0.580. The van der Waals surface area contributed by atoms with E-state index in [1.165, 1.54) is 36.1 Å². The second kappa shape index (κ2) is 7.61. The molecule has 3 rings (SSSR count). The first-order valence-corrected chi connectivity index (χ1v) is 8.74. The molecule has 0 bridgehead atoms. The zero-order chi connectivity index (χ0) is 13.9. The summed E-state index contributed by atoms with van der Waals surface area (Å²) < 4.78 is 0. The lowest BCUT2D eigenvalue weighted by Crippen LogP contribution is -2.44. The summed E-state index contributed by atoms with van der Waals surface area (Å²) >= 11 is 1.73. The van der Waals surface area contributed by atoms with Crippen molar-refractivity contribution in [3.63, 3.8) is 0 Å². The van der Waals surface area contributed by atoms with Crippen LogP contribution in [-0.4, -0.2) is 29.9 Å². The van der Waals surface area contributed by atoms with Crippen molar-refractivity contribution in [2.45, 2.75) is 57.4 Å². The van der Waals surface area contributed by atoms with Crippen LogP contribution < -0.4 is 5.73 Å². The number of halogens is 1. The zero-order valence-electron chi connectivity index (χ0n) is 12.5. The van der Waals surface area contributed by atoms with Crippen molar-refractivity contribution in [2.24, 2.45) is 5.73 Å². The van der Waals surface area contributed by atoms with E-state index in [0.717, 1.165) is 37.1 Å². The van der Waals surface area contributed by atoms with E-state index in [1.54, 1.807) is 11.3 Å². The minimum atomic E-state index is 0. The standard InChI is InChI=1S/C16H24N2OS.ClH/c17-9-8-13-6-3-4-10-18(13)16(19)15-11-12-5-1-2-7-14(12)20-15;/h11,13H,1-10,17H2;1H. The number of rotatable bonds is 3. The number of amides is 1. The van der Waals surface area contributed by atoms with Gasteiger partial charge in [-0.3, -0.25) is 4.79 Å². The number of fused-ring (bicyclic) bond motifs is 1. The van der Waals surface area contributed by atoms with E-state index < -0.39 is 0 Å². The molecule has 1 aliphatic heterocycles. The van der Waals surface area contributed by atoms with Gasteiger partial charge in [0, 0.05) is 17.5 Å². The molecule has 0 spiro atoms. The summed E-state index contributed by atoms with van der Waals surface area (Å²) in [5.41, 5.74) is 7.13. The molecule has 1 unspecified atom stereocenters. The molecule has 1 aromatic rings. The Bertz CT molecular complexity index is 463. The summed E-state index contributed by atoms with van der Waals surface area (Å²) in [4.78, 5) is 17.3. The molecular weight excluding hydrogens is 304 g/mol. The fourth-order valence-corrected chi connectivity index (χ4v) is 4.71. The second-order valence-electron chi connectivity index (χ2n) is 5.99. The van der Waals surface area contributed by atoms with E-state index in [9.17, 15) is 4.79 Å². The van der Waals surface area contributed by atoms with Crippen LogP contribution in [0.2, 0.25) is 0 Å². The van der Waals surface area contributed by atoms with Gasteiger partial charge in [-0.25, -0.2) is 0 Å². The summed E-state index contributed by atoms with van der Waals surface area (Å²) in [5, 5.41) is 0. The van der Waals surface area contributed by atoms with Crippen LogP contribution in [-0.2, 0) is 12.8 Å². The van der Waals surface area contributed by atoms with E-state index >= 15 is 0 Å². The Kier molecular flexibility index (Phi) is 6.08. The summed E-state index contributed by atoms with van der Waals surface area (Å²) in [6.45, 7) is 1.58. The molecule has 1 saturated heterocycles. The topological polar surface area (TPSA) is 46.3 Å². The number of carbonyl (C=O) groups is 1. The molecule has 5 heteroatoms. The summed E-state index contributed by atoms with van der Waals surface area (Å²) in [6.07, 6.45) is 9.31. The first kappa shape index (κ1) is 16.8. The largest absolute Gasteiger partial charge is 0.335 e. The average Bonchev–Trinajstić information content (AvgIpc) is 2.91. The van der Waals surface area contributed by atoms with Gasteiger partial charge in [-0.2, -0.15) is 0 Å². The van der Waals surface area contributed by atoms with Crippen molar-refractivity contribution < 1.29 is 4.79 Å². The van der Waals surface area contributed by atoms with E-state index in [4.69, 9.17) is 5.73 Å². The van der Waals surface area contributed by atoms with E-state index in [2.05, 4.69) is 11.0 Å². The second-order valence-corrected chi connectivity index (χ2v) is 7.13. The molecule has 0 saturated carbocycles. The fourth-order valence-electron chi connectivity index (χ4n) is 3.50. The molecule has 0 radical (unpaired) electrons. The van der Waals surface area contributed by atoms with Crippen LogP contribution in [0.4, 0.5) is 0 Å². The third kappa shape index (κ3) is 3.61. The summed E-state index contributed by atoms with van der Waals surface area (Å²) in [5.74, 6) is 0.252. The Morgan fingerprint density at radius 2 is 2.10 bits per heavy atom. The maximum Gasteiger partial charge on any atom is 0.264 e. The number of hydrogen-bond donors (Lipinski definition) is 1. The molecule has 1 aliphatic carbocycles. The van der Waals surface area contributed by atoms with Crippen LogP contribution >= 0.6 is 23.7 Å². The Labute approximate surface area is 137 Å². The number of likely N-dealkylation sites (tertiary alicyclic amines) is 1. The molecule has 118 valence electrons. The highest BCUT2D eigenvalue weighted by molar-refractivity contribution is 7.14. The highest BCUT2D eigenvalue weighted by Crippen LogP contribution is 2.31. The Balaban J connectivity index is 0.00000161. The van der Waals surface area contributed by atoms with Crippen molar-refractivity contribution in [2.75, 3.05) is 13.1 Å². The number of hydrogen-bond acceptors (Lipinski definition) is 3. The fraction of sp³-hybridized carbons (Fsp3) is 0.688. The zero-order valence-corrected chi connectivity index (χ0v) is 14.1. The average molecular weight is 329 g/mol. The molecule has 2 aliphatic rings. The van der Waals surface area contributed by atoms with Crippen molar-refractivity contribution in [1.82, 2.24) is 4.90 Å². The summed E-state index contributed by atoms with van der Waals surface area (Å²) in [6, 6.07) is 2.52. The third-order valence-electron chi connectivity index (χ3n) is 4.60. The molecule has 1 amide bonds. The van der Waals surface area contributed by atoms with Gasteiger partial charge in [0.2, 0.25) is 0 Å². The first-order valence-electron chi connectivity index (χ1n) is 7.92. The van der Waals surface area contributed by atoms with Crippen LogP contribution in [0.3, 0.4) is 0 Å². The Morgan fingerprint density at radius 3 is 2.86 bits per heavy atom. The molecule has 0 aromatic carbocycles. The van der Waals surface area contributed by atoms with Crippen molar-refractivity contribution in [1.29, 1.82) is 0 Å². The highest BCUT2D eigenvalue weighted by Gasteiger charge is 2.28. The number of aryl methyl sites for hydroxylation is 2. The number of nitrogens with two attached hydrogens (primary N) is 1. The molecular formula is C16H25ClN2OS. The molecule has 2 N–H and O–H groups in total. The molecule has 21 heavy (non-hydrogen) atoms. The number of carbonyl (C=O) groups excluding carboxylic acids is 1. The first-order chi connectivity index (χ1) is 9.79. The van der Waals surface area contributed by atoms with Gasteiger partial charge in [0.15, 0.2) is 0 Å². The highest BCUT2D eigenvalue weighted by atomic mass is 35.5. The van der Waals surface area contributed by atoms with E-state index in [0.29, 0.717) is 12.6 Å². The van der Waals surface area contributed by atoms with Gasteiger partial charge in [-0.1, -0.05) is 0 Å². The minimum Gasteiger partial charge on any atom is -0.335 e. The maximum atomic E-state index is 12.8. The lowest BCUT2D eigenvalue weighted by atomic mass is 9.98. The van der Waals surface area contributed by atoms with Crippen molar-refractivity contribution in [3.8, 4) is 0 Å². The van der Waals surface area contributed by atoms with Gasteiger partial charge in [0.05, 0.1) is 4.88 Å². The quantitative estimate of drug-likeness (QED) is 0.924. The number of thiophene rings is 1. The molecule has 1 aromatic heterocycles. The summed E-state index contributed by atoms with van der Waals surface area (Å²) in [7, 11) is 0. The van der Waals surface area contributed by atoms with Crippen LogP contribution in [0.15, 0.2) is 6.07 Å². The third-order valence-corrected chi connectivity index (χ3v) is 5.82. The van der Waals surface area contributed by atoms with Crippen molar-refractivity contribution in [3.05, 3.63) is 21.4 Å². The predicted octanol–water partition coefficient (Wildman–Crippen LogP) is 3.39.